The lowest BCUT2D eigenvalue weighted by Crippen LogP contribution is -2.62. The number of hydrogen-bond donors (Lipinski definition) is 7. The molecule has 0 saturated heterocycles. The lowest BCUT2D eigenvalue weighted by atomic mass is 9.85. The number of amides is 3. The fourth-order valence-electron chi connectivity index (χ4n) is 6.83. The van der Waals surface area contributed by atoms with Crippen LogP contribution in [0.1, 0.15) is 61.1 Å². The van der Waals surface area contributed by atoms with Crippen molar-refractivity contribution in [1.82, 2.24) is 21.3 Å². The highest BCUT2D eigenvalue weighted by Crippen LogP contribution is 2.31. The molecule has 0 aliphatic heterocycles. The highest BCUT2D eigenvalue weighted by molar-refractivity contribution is 5.89. The van der Waals surface area contributed by atoms with Crippen LogP contribution in [-0.2, 0) is 40.2 Å². The lowest BCUT2D eigenvalue weighted by molar-refractivity contribution is -0.134. The maximum atomic E-state index is 14.3. The molecule has 54 heavy (non-hydrogen) atoms. The standard InChI is InChI=1S/C43H52N4O7/c1-43(2,3)40(46-36(50)23-20-29-14-9-11-17-34(29)48)42(53)45-33(24-27-12-6-5-7-13-27)39(51)38(44-26-28-18-21-31(54-4)22-19-28)41(52)47-37-32-16-10-8-15-30(32)25-35(37)49/h5-19,21-22,33,35,37-40,44,48-49,51H,20,23-26H2,1-4H3,(H,45,53)(H,46,50)(H,47,52)/t33-,35+,37-,38+,39-,40+/m0/s1. The minimum absolute atomic E-state index is 0.0428. The summed E-state index contributed by atoms with van der Waals surface area (Å²) in [7, 11) is 1.58. The van der Waals surface area contributed by atoms with Crippen molar-refractivity contribution in [3.05, 3.63) is 131 Å². The van der Waals surface area contributed by atoms with E-state index >= 15 is 0 Å². The summed E-state index contributed by atoms with van der Waals surface area (Å²) in [6.45, 7) is 5.70. The van der Waals surface area contributed by atoms with Crippen molar-refractivity contribution in [2.75, 3.05) is 7.11 Å². The zero-order valence-corrected chi connectivity index (χ0v) is 31.3. The van der Waals surface area contributed by atoms with Crippen molar-refractivity contribution in [3.8, 4) is 11.5 Å². The molecule has 0 spiro atoms. The summed E-state index contributed by atoms with van der Waals surface area (Å²) in [6, 6.07) is 27.0. The number of methoxy groups -OCH3 is 1. The third kappa shape index (κ3) is 10.5. The summed E-state index contributed by atoms with van der Waals surface area (Å²) < 4.78 is 5.29. The fraction of sp³-hybridized carbons (Fsp3) is 0.372. The minimum atomic E-state index is -1.46. The number of aliphatic hydroxyl groups is 2. The highest BCUT2D eigenvalue weighted by Gasteiger charge is 2.40. The van der Waals surface area contributed by atoms with Crippen molar-refractivity contribution in [2.24, 2.45) is 5.41 Å². The van der Waals surface area contributed by atoms with Crippen molar-refractivity contribution in [2.45, 2.75) is 89.4 Å². The van der Waals surface area contributed by atoms with E-state index in [9.17, 15) is 29.7 Å². The van der Waals surface area contributed by atoms with Crippen molar-refractivity contribution >= 4 is 17.7 Å². The molecule has 11 heteroatoms. The molecule has 6 atom stereocenters. The second-order valence-electron chi connectivity index (χ2n) is 15.0. The zero-order chi connectivity index (χ0) is 38.8. The van der Waals surface area contributed by atoms with Gasteiger partial charge in [0, 0.05) is 19.4 Å². The van der Waals surface area contributed by atoms with Crippen LogP contribution in [0.3, 0.4) is 0 Å². The fourth-order valence-corrected chi connectivity index (χ4v) is 6.83. The molecule has 3 amide bonds. The molecule has 7 N–H and O–H groups in total. The number of aliphatic hydroxyl groups excluding tert-OH is 2. The number of benzene rings is 4. The summed E-state index contributed by atoms with van der Waals surface area (Å²) in [5.74, 6) is -0.672. The Morgan fingerprint density at radius 2 is 1.50 bits per heavy atom. The lowest BCUT2D eigenvalue weighted by Gasteiger charge is -2.35. The number of para-hydroxylation sites is 1. The SMILES string of the molecule is COc1ccc(CN[C@@H](C(=O)N[C@H]2c3ccccc3C[C@H]2O)[C@@H](O)[C@H](Cc2ccccc2)NC(=O)[C@@H](NC(=O)CCc2ccccc2O)C(C)(C)C)cc1. The summed E-state index contributed by atoms with van der Waals surface area (Å²) in [6.07, 6.45) is -1.43. The number of phenolic OH excluding ortho intramolecular Hbond substituents is 1. The van der Waals surface area contributed by atoms with Gasteiger partial charge in [0.2, 0.25) is 17.7 Å². The third-order valence-electron chi connectivity index (χ3n) is 9.90. The van der Waals surface area contributed by atoms with E-state index in [4.69, 9.17) is 4.74 Å². The van der Waals surface area contributed by atoms with E-state index < -0.39 is 53.6 Å². The molecule has 1 aliphatic carbocycles. The first-order chi connectivity index (χ1) is 25.8. The van der Waals surface area contributed by atoms with Gasteiger partial charge in [0.25, 0.3) is 0 Å². The van der Waals surface area contributed by atoms with E-state index in [2.05, 4.69) is 21.3 Å². The van der Waals surface area contributed by atoms with Crippen LogP contribution in [-0.4, -0.2) is 70.5 Å². The van der Waals surface area contributed by atoms with E-state index in [1.807, 2.05) is 87.5 Å². The van der Waals surface area contributed by atoms with Crippen molar-refractivity contribution in [3.63, 3.8) is 0 Å². The first-order valence-corrected chi connectivity index (χ1v) is 18.3. The Balaban J connectivity index is 1.40. The molecule has 0 radical (unpaired) electrons. The number of ether oxygens (including phenoxy) is 1. The molecule has 0 bridgehead atoms. The third-order valence-corrected chi connectivity index (χ3v) is 9.90. The van der Waals surface area contributed by atoms with Gasteiger partial charge in [-0.1, -0.05) is 106 Å². The molecule has 5 rings (SSSR count). The Hall–Kier alpha value is -5.23. The van der Waals surface area contributed by atoms with E-state index in [-0.39, 0.29) is 37.5 Å². The average Bonchev–Trinajstić information content (AvgIpc) is 3.47. The molecule has 0 fully saturated rings. The van der Waals surface area contributed by atoms with E-state index in [1.165, 1.54) is 0 Å². The van der Waals surface area contributed by atoms with Crippen molar-refractivity contribution in [1.29, 1.82) is 0 Å². The Labute approximate surface area is 317 Å². The molecule has 286 valence electrons. The van der Waals surface area contributed by atoms with Gasteiger partial charge in [-0.05, 0) is 64.3 Å². The van der Waals surface area contributed by atoms with Crippen LogP contribution in [0.4, 0.5) is 0 Å². The summed E-state index contributed by atoms with van der Waals surface area (Å²) >= 11 is 0. The molecule has 0 unspecified atom stereocenters. The maximum absolute atomic E-state index is 14.3. The predicted molar refractivity (Wildman–Crippen MR) is 207 cm³/mol. The van der Waals surface area contributed by atoms with Crippen LogP contribution < -0.4 is 26.0 Å². The van der Waals surface area contributed by atoms with Crippen LogP contribution >= 0.6 is 0 Å². The predicted octanol–water partition coefficient (Wildman–Crippen LogP) is 3.89. The smallest absolute Gasteiger partial charge is 0.243 e. The van der Waals surface area contributed by atoms with Crippen LogP contribution in [0.2, 0.25) is 0 Å². The summed E-state index contributed by atoms with van der Waals surface area (Å²) in [4.78, 5) is 41.7. The topological polar surface area (TPSA) is 169 Å². The number of carbonyl (C=O) groups is 3. The van der Waals surface area contributed by atoms with Crippen LogP contribution in [0, 0.1) is 5.41 Å². The quantitative estimate of drug-likeness (QED) is 0.0910. The molecule has 4 aromatic rings. The van der Waals surface area contributed by atoms with E-state index in [0.717, 1.165) is 22.3 Å². The molecule has 1 aliphatic rings. The van der Waals surface area contributed by atoms with Gasteiger partial charge in [0.1, 0.15) is 23.6 Å². The molecular formula is C43H52N4O7. The second-order valence-corrected chi connectivity index (χ2v) is 15.0. The number of carbonyl (C=O) groups excluding carboxylic acids is 3. The number of aryl methyl sites for hydroxylation is 1. The van der Waals surface area contributed by atoms with E-state index in [0.29, 0.717) is 17.7 Å². The van der Waals surface area contributed by atoms with Gasteiger partial charge in [-0.3, -0.25) is 19.7 Å². The summed E-state index contributed by atoms with van der Waals surface area (Å²) in [5, 5.41) is 45.4. The minimum Gasteiger partial charge on any atom is -0.508 e. The van der Waals surface area contributed by atoms with Crippen LogP contribution in [0.25, 0.3) is 0 Å². The molecule has 11 nitrogen and oxygen atoms in total. The average molecular weight is 737 g/mol. The first kappa shape index (κ1) is 40.0. The molecular weight excluding hydrogens is 684 g/mol. The van der Waals surface area contributed by atoms with Gasteiger partial charge < -0.3 is 36.0 Å². The molecule has 0 saturated carbocycles. The van der Waals surface area contributed by atoms with Gasteiger partial charge in [-0.25, -0.2) is 0 Å². The van der Waals surface area contributed by atoms with Gasteiger partial charge in [-0.2, -0.15) is 0 Å². The Morgan fingerprint density at radius 3 is 2.19 bits per heavy atom. The van der Waals surface area contributed by atoms with Gasteiger partial charge in [0.15, 0.2) is 0 Å². The number of hydrogen-bond acceptors (Lipinski definition) is 8. The van der Waals surface area contributed by atoms with E-state index in [1.54, 1.807) is 43.5 Å². The maximum Gasteiger partial charge on any atom is 0.243 e. The molecule has 4 aromatic carbocycles. The monoisotopic (exact) mass is 736 g/mol. The molecule has 0 aromatic heterocycles. The number of nitrogens with one attached hydrogen (secondary N) is 4. The molecule has 0 heterocycles. The first-order valence-electron chi connectivity index (χ1n) is 18.3. The van der Waals surface area contributed by atoms with Crippen LogP contribution in [0.15, 0.2) is 103 Å². The van der Waals surface area contributed by atoms with Gasteiger partial charge >= 0.3 is 0 Å². The Morgan fingerprint density at radius 1 is 0.833 bits per heavy atom. The Kier molecular flexibility index (Phi) is 13.5. The summed E-state index contributed by atoms with van der Waals surface area (Å²) in [5.41, 5.74) is 3.28. The van der Waals surface area contributed by atoms with Crippen LogP contribution in [0.5, 0.6) is 11.5 Å². The largest absolute Gasteiger partial charge is 0.508 e. The second kappa shape index (κ2) is 18.2. The number of rotatable bonds is 16. The Bertz CT molecular complexity index is 1860. The van der Waals surface area contributed by atoms with Gasteiger partial charge in [0.05, 0.1) is 31.4 Å². The van der Waals surface area contributed by atoms with Crippen molar-refractivity contribution < 1.29 is 34.4 Å². The van der Waals surface area contributed by atoms with Gasteiger partial charge in [-0.15, -0.1) is 0 Å². The number of aromatic hydroxyl groups is 1. The number of phenols is 1. The zero-order valence-electron chi connectivity index (χ0n) is 31.3. The normalized spacial score (nSPS) is 17.4. The number of fused-ring (bicyclic) bond motifs is 1. The highest BCUT2D eigenvalue weighted by atomic mass is 16.5.